The van der Waals surface area contributed by atoms with E-state index in [1.54, 1.807) is 6.07 Å². The van der Waals surface area contributed by atoms with Crippen LogP contribution in [-0.2, 0) is 0 Å². The summed E-state index contributed by atoms with van der Waals surface area (Å²) in [6.07, 6.45) is 1.83. The van der Waals surface area contributed by atoms with Crippen molar-refractivity contribution >= 4 is 51.2 Å². The van der Waals surface area contributed by atoms with E-state index in [1.807, 2.05) is 36.5 Å². The van der Waals surface area contributed by atoms with Crippen LogP contribution in [0.25, 0.3) is 22.0 Å². The fourth-order valence-corrected chi connectivity index (χ4v) is 4.52. The number of anilines is 3. The van der Waals surface area contributed by atoms with E-state index < -0.39 is 0 Å². The molecule has 0 amide bonds. The van der Waals surface area contributed by atoms with Crippen molar-refractivity contribution in [3.8, 4) is 11.1 Å². The van der Waals surface area contributed by atoms with Crippen molar-refractivity contribution in [2.24, 2.45) is 0 Å². The number of rotatable bonds is 4. The minimum absolute atomic E-state index is 0.662. The van der Waals surface area contributed by atoms with Gasteiger partial charge in [0.15, 0.2) is 0 Å². The number of likely N-dealkylation sites (N-methyl/N-ethyl adjacent to an activating group) is 1. The second kappa shape index (κ2) is 8.99. The van der Waals surface area contributed by atoms with Gasteiger partial charge in [-0.15, -0.1) is 0 Å². The van der Waals surface area contributed by atoms with Crippen molar-refractivity contribution in [1.82, 2.24) is 9.88 Å². The van der Waals surface area contributed by atoms with Crippen LogP contribution in [0.3, 0.4) is 0 Å². The van der Waals surface area contributed by atoms with Gasteiger partial charge in [0.1, 0.15) is 0 Å². The zero-order chi connectivity index (χ0) is 22.1. The van der Waals surface area contributed by atoms with Gasteiger partial charge in [0.25, 0.3) is 0 Å². The Morgan fingerprint density at radius 2 is 1.62 bits per heavy atom. The number of piperazine rings is 1. The Kier molecular flexibility index (Phi) is 5.92. The average Bonchev–Trinajstić information content (AvgIpc) is 2.82. The molecule has 4 nitrogen and oxygen atoms in total. The van der Waals surface area contributed by atoms with Crippen molar-refractivity contribution < 1.29 is 0 Å². The predicted molar refractivity (Wildman–Crippen MR) is 137 cm³/mol. The van der Waals surface area contributed by atoms with Gasteiger partial charge in [-0.25, -0.2) is 0 Å². The molecule has 0 unspecified atom stereocenters. The lowest BCUT2D eigenvalue weighted by Crippen LogP contribution is -2.44. The SMILES string of the molecule is CN1CCN(c2ccc(Nc3ccnc4ccc(-c5cc(Cl)ccc5Cl)cc34)cc2)CC1. The first-order chi connectivity index (χ1) is 15.6. The topological polar surface area (TPSA) is 31.4 Å². The summed E-state index contributed by atoms with van der Waals surface area (Å²) >= 11 is 12.7. The molecular weight excluding hydrogens is 439 g/mol. The van der Waals surface area contributed by atoms with E-state index in [4.69, 9.17) is 23.2 Å². The van der Waals surface area contributed by atoms with Gasteiger partial charge in [-0.3, -0.25) is 4.98 Å². The van der Waals surface area contributed by atoms with Crippen LogP contribution in [0.4, 0.5) is 17.1 Å². The molecule has 1 N–H and O–H groups in total. The number of benzene rings is 3. The molecule has 0 atom stereocenters. The molecule has 32 heavy (non-hydrogen) atoms. The van der Waals surface area contributed by atoms with Crippen LogP contribution in [0.5, 0.6) is 0 Å². The Hall–Kier alpha value is -2.79. The Balaban J connectivity index is 1.43. The van der Waals surface area contributed by atoms with E-state index in [0.717, 1.165) is 59.6 Å². The number of nitrogens with zero attached hydrogens (tertiary/aromatic N) is 3. The zero-order valence-corrected chi connectivity index (χ0v) is 19.4. The van der Waals surface area contributed by atoms with Crippen LogP contribution in [0, 0.1) is 0 Å². The molecule has 0 spiro atoms. The number of hydrogen-bond acceptors (Lipinski definition) is 4. The Labute approximate surface area is 198 Å². The summed E-state index contributed by atoms with van der Waals surface area (Å²) in [5.41, 5.74) is 6.15. The van der Waals surface area contributed by atoms with Crippen molar-refractivity contribution in [3.05, 3.63) is 83.0 Å². The van der Waals surface area contributed by atoms with E-state index in [1.165, 1.54) is 5.69 Å². The summed E-state index contributed by atoms with van der Waals surface area (Å²) in [7, 11) is 2.18. The first kappa shape index (κ1) is 21.1. The van der Waals surface area contributed by atoms with Gasteiger partial charge in [0.2, 0.25) is 0 Å². The molecule has 0 aliphatic carbocycles. The van der Waals surface area contributed by atoms with E-state index in [0.29, 0.717) is 10.0 Å². The highest BCUT2D eigenvalue weighted by molar-refractivity contribution is 6.35. The molecular formula is C26H24Cl2N4. The monoisotopic (exact) mass is 462 g/mol. The minimum atomic E-state index is 0.662. The molecule has 1 fully saturated rings. The fourth-order valence-electron chi connectivity index (χ4n) is 4.12. The summed E-state index contributed by atoms with van der Waals surface area (Å²) in [5, 5.41) is 5.93. The van der Waals surface area contributed by atoms with Gasteiger partial charge in [-0.2, -0.15) is 0 Å². The van der Waals surface area contributed by atoms with Crippen molar-refractivity contribution in [2.45, 2.75) is 0 Å². The van der Waals surface area contributed by atoms with Crippen LogP contribution < -0.4 is 10.2 Å². The molecule has 3 aromatic carbocycles. The van der Waals surface area contributed by atoms with E-state index in [2.05, 4.69) is 57.5 Å². The summed E-state index contributed by atoms with van der Waals surface area (Å²) in [6, 6.07) is 22.3. The molecule has 1 aromatic heterocycles. The average molecular weight is 463 g/mol. The van der Waals surface area contributed by atoms with Gasteiger partial charge in [-0.05, 0) is 73.3 Å². The molecule has 2 heterocycles. The van der Waals surface area contributed by atoms with Gasteiger partial charge >= 0.3 is 0 Å². The normalized spacial score (nSPS) is 14.7. The smallest absolute Gasteiger partial charge is 0.0723 e. The third-order valence-electron chi connectivity index (χ3n) is 6.00. The molecule has 6 heteroatoms. The van der Waals surface area contributed by atoms with Gasteiger partial charge in [0.05, 0.1) is 5.52 Å². The first-order valence-electron chi connectivity index (χ1n) is 10.7. The predicted octanol–water partition coefficient (Wildman–Crippen LogP) is 6.70. The summed E-state index contributed by atoms with van der Waals surface area (Å²) in [4.78, 5) is 9.33. The molecule has 0 saturated carbocycles. The van der Waals surface area contributed by atoms with E-state index in [-0.39, 0.29) is 0 Å². The quantitative estimate of drug-likeness (QED) is 0.365. The minimum Gasteiger partial charge on any atom is -0.369 e. The lowest BCUT2D eigenvalue weighted by Gasteiger charge is -2.34. The van der Waals surface area contributed by atoms with Crippen LogP contribution in [0.2, 0.25) is 10.0 Å². The second-order valence-corrected chi connectivity index (χ2v) is 9.02. The number of nitrogens with one attached hydrogen (secondary N) is 1. The van der Waals surface area contributed by atoms with Crippen molar-refractivity contribution in [2.75, 3.05) is 43.4 Å². The van der Waals surface area contributed by atoms with Crippen LogP contribution in [-0.4, -0.2) is 43.1 Å². The zero-order valence-electron chi connectivity index (χ0n) is 17.9. The van der Waals surface area contributed by atoms with Crippen molar-refractivity contribution in [1.29, 1.82) is 0 Å². The largest absolute Gasteiger partial charge is 0.369 e. The molecule has 1 saturated heterocycles. The second-order valence-electron chi connectivity index (χ2n) is 8.18. The van der Waals surface area contributed by atoms with Gasteiger partial charge in [0, 0.05) is 70.4 Å². The van der Waals surface area contributed by atoms with Crippen LogP contribution >= 0.6 is 23.2 Å². The highest BCUT2D eigenvalue weighted by Gasteiger charge is 2.14. The molecule has 1 aliphatic rings. The Bertz CT molecular complexity index is 1250. The highest BCUT2D eigenvalue weighted by atomic mass is 35.5. The lowest BCUT2D eigenvalue weighted by atomic mass is 10.0. The number of hydrogen-bond donors (Lipinski definition) is 1. The summed E-state index contributed by atoms with van der Waals surface area (Å²) in [5.74, 6) is 0. The standard InChI is InChI=1S/C26H24Cl2N4/c1-31-12-14-32(15-13-31)21-6-4-20(5-7-21)30-26-10-11-29-25-9-2-18(16-23(25)26)22-17-19(27)3-8-24(22)28/h2-11,16-17H,12-15H2,1H3,(H,29,30). The van der Waals surface area contributed by atoms with Crippen LogP contribution in [0.1, 0.15) is 0 Å². The number of fused-ring (bicyclic) bond motifs is 1. The molecule has 162 valence electrons. The molecule has 0 radical (unpaired) electrons. The fraction of sp³-hybridized carbons (Fsp3) is 0.192. The van der Waals surface area contributed by atoms with Crippen LogP contribution in [0.15, 0.2) is 72.9 Å². The lowest BCUT2D eigenvalue weighted by molar-refractivity contribution is 0.313. The summed E-state index contributed by atoms with van der Waals surface area (Å²) in [6.45, 7) is 4.32. The number of pyridine rings is 1. The van der Waals surface area contributed by atoms with Gasteiger partial charge < -0.3 is 15.1 Å². The molecule has 1 aliphatic heterocycles. The van der Waals surface area contributed by atoms with E-state index >= 15 is 0 Å². The molecule has 4 aromatic rings. The maximum atomic E-state index is 6.44. The Morgan fingerprint density at radius 3 is 2.41 bits per heavy atom. The van der Waals surface area contributed by atoms with Gasteiger partial charge in [-0.1, -0.05) is 29.3 Å². The highest BCUT2D eigenvalue weighted by Crippen LogP contribution is 2.34. The maximum Gasteiger partial charge on any atom is 0.0723 e. The number of halogens is 2. The maximum absolute atomic E-state index is 6.44. The third kappa shape index (κ3) is 4.40. The third-order valence-corrected chi connectivity index (χ3v) is 6.56. The number of aromatic nitrogens is 1. The molecule has 0 bridgehead atoms. The summed E-state index contributed by atoms with van der Waals surface area (Å²) < 4.78 is 0. The Morgan fingerprint density at radius 1 is 0.844 bits per heavy atom. The van der Waals surface area contributed by atoms with Crippen molar-refractivity contribution in [3.63, 3.8) is 0 Å². The van der Waals surface area contributed by atoms with E-state index in [9.17, 15) is 0 Å². The molecule has 5 rings (SSSR count). The first-order valence-corrected chi connectivity index (χ1v) is 11.5.